The normalized spacial score (nSPS) is 43.7. The third-order valence-corrected chi connectivity index (χ3v) is 7.09. The maximum Gasteiger partial charge on any atom is 0.145 e. The quantitative estimate of drug-likeness (QED) is 0.828. The standard InChI is InChI=1S/C17H28O2/c1-16(2)12-9-10-17(16,3)15(19)13(12)14(18)11-7-5-4-6-8-11/h11-14,18H,4-10H2,1-3H3/t12?,13-,14?,17?/m1/s1. The van der Waals surface area contributed by atoms with Crippen LogP contribution in [0, 0.1) is 28.6 Å². The van der Waals surface area contributed by atoms with Gasteiger partial charge in [-0.3, -0.25) is 4.79 Å². The molecule has 1 N–H and O–H groups in total. The Morgan fingerprint density at radius 2 is 1.74 bits per heavy atom. The molecular formula is C17H28O2. The highest BCUT2D eigenvalue weighted by atomic mass is 16.3. The first-order valence-electron chi connectivity index (χ1n) is 8.12. The summed E-state index contributed by atoms with van der Waals surface area (Å²) in [4.78, 5) is 12.8. The number of Topliss-reactive ketones (excluding diaryl/α,β-unsaturated/α-hetero) is 1. The number of rotatable bonds is 2. The number of carbonyl (C=O) groups is 1. The Hall–Kier alpha value is -0.370. The zero-order valence-corrected chi connectivity index (χ0v) is 12.6. The molecule has 3 rings (SSSR count). The van der Waals surface area contributed by atoms with Crippen LogP contribution in [0.5, 0.6) is 0 Å². The zero-order chi connectivity index (χ0) is 13.8. The van der Waals surface area contributed by atoms with Gasteiger partial charge in [0.15, 0.2) is 0 Å². The lowest BCUT2D eigenvalue weighted by Gasteiger charge is -2.34. The summed E-state index contributed by atoms with van der Waals surface area (Å²) in [7, 11) is 0. The summed E-state index contributed by atoms with van der Waals surface area (Å²) < 4.78 is 0. The predicted molar refractivity (Wildman–Crippen MR) is 75.7 cm³/mol. The van der Waals surface area contributed by atoms with Crippen molar-refractivity contribution in [3.8, 4) is 0 Å². The van der Waals surface area contributed by atoms with Crippen molar-refractivity contribution < 1.29 is 9.90 Å². The fraction of sp³-hybridized carbons (Fsp3) is 0.941. The molecule has 3 saturated carbocycles. The highest BCUT2D eigenvalue weighted by Gasteiger charge is 2.67. The Morgan fingerprint density at radius 1 is 1.11 bits per heavy atom. The Morgan fingerprint density at radius 3 is 2.26 bits per heavy atom. The topological polar surface area (TPSA) is 37.3 Å². The average molecular weight is 264 g/mol. The van der Waals surface area contributed by atoms with E-state index in [2.05, 4.69) is 20.8 Å². The third kappa shape index (κ3) is 1.68. The molecule has 108 valence electrons. The molecule has 2 nitrogen and oxygen atoms in total. The van der Waals surface area contributed by atoms with Gasteiger partial charge in [0.2, 0.25) is 0 Å². The van der Waals surface area contributed by atoms with E-state index in [1.165, 1.54) is 19.3 Å². The van der Waals surface area contributed by atoms with Crippen LogP contribution in [-0.4, -0.2) is 17.0 Å². The van der Waals surface area contributed by atoms with Gasteiger partial charge in [-0.25, -0.2) is 0 Å². The third-order valence-electron chi connectivity index (χ3n) is 7.09. The van der Waals surface area contributed by atoms with Gasteiger partial charge < -0.3 is 5.11 Å². The number of hydrogen-bond acceptors (Lipinski definition) is 2. The minimum absolute atomic E-state index is 0.0724. The molecular weight excluding hydrogens is 236 g/mol. The van der Waals surface area contributed by atoms with E-state index in [1.54, 1.807) is 0 Å². The monoisotopic (exact) mass is 264 g/mol. The molecule has 0 heterocycles. The van der Waals surface area contributed by atoms with E-state index in [-0.39, 0.29) is 22.9 Å². The Kier molecular flexibility index (Phi) is 3.09. The fourth-order valence-corrected chi connectivity index (χ4v) is 5.32. The molecule has 2 bridgehead atoms. The molecule has 0 aromatic carbocycles. The van der Waals surface area contributed by atoms with Crippen molar-refractivity contribution in [2.24, 2.45) is 28.6 Å². The highest BCUT2D eigenvalue weighted by Crippen LogP contribution is 2.66. The first kappa shape index (κ1) is 13.6. The molecule has 4 atom stereocenters. The van der Waals surface area contributed by atoms with E-state index < -0.39 is 0 Å². The summed E-state index contributed by atoms with van der Waals surface area (Å²) in [6.45, 7) is 6.63. The van der Waals surface area contributed by atoms with Crippen LogP contribution in [-0.2, 0) is 4.79 Å². The van der Waals surface area contributed by atoms with Gasteiger partial charge in [-0.05, 0) is 42.9 Å². The smallest absolute Gasteiger partial charge is 0.145 e. The van der Waals surface area contributed by atoms with Crippen molar-refractivity contribution in [1.82, 2.24) is 0 Å². The lowest BCUT2D eigenvalue weighted by atomic mass is 9.70. The highest BCUT2D eigenvalue weighted by molar-refractivity contribution is 5.92. The largest absolute Gasteiger partial charge is 0.392 e. The predicted octanol–water partition coefficient (Wildman–Crippen LogP) is 3.57. The lowest BCUT2D eigenvalue weighted by molar-refractivity contribution is -0.136. The van der Waals surface area contributed by atoms with Crippen molar-refractivity contribution >= 4 is 5.78 Å². The second-order valence-electron chi connectivity index (χ2n) is 7.98. The number of ketones is 1. The van der Waals surface area contributed by atoms with Crippen molar-refractivity contribution in [2.45, 2.75) is 71.8 Å². The molecule has 3 aliphatic carbocycles. The number of fused-ring (bicyclic) bond motifs is 2. The van der Waals surface area contributed by atoms with E-state index in [4.69, 9.17) is 0 Å². The van der Waals surface area contributed by atoms with Crippen LogP contribution in [0.4, 0.5) is 0 Å². The first-order chi connectivity index (χ1) is 8.89. The van der Waals surface area contributed by atoms with Crippen molar-refractivity contribution in [3.63, 3.8) is 0 Å². The summed E-state index contributed by atoms with van der Waals surface area (Å²) in [6, 6.07) is 0. The van der Waals surface area contributed by atoms with Crippen LogP contribution in [0.1, 0.15) is 65.7 Å². The molecule has 0 radical (unpaired) electrons. The lowest BCUT2D eigenvalue weighted by Crippen LogP contribution is -2.41. The SMILES string of the molecule is CC12CCC([C@H](C(O)C3CCCCC3)C1=O)C2(C)C. The summed E-state index contributed by atoms with van der Waals surface area (Å²) >= 11 is 0. The second-order valence-corrected chi connectivity index (χ2v) is 7.98. The molecule has 19 heavy (non-hydrogen) atoms. The van der Waals surface area contributed by atoms with Crippen LogP contribution in [0.2, 0.25) is 0 Å². The van der Waals surface area contributed by atoms with Gasteiger partial charge in [0.1, 0.15) is 5.78 Å². The summed E-state index contributed by atoms with van der Waals surface area (Å²) in [6.07, 6.45) is 7.78. The Balaban J connectivity index is 1.84. The molecule has 3 unspecified atom stereocenters. The Bertz CT molecular complexity index is 381. The van der Waals surface area contributed by atoms with E-state index in [0.29, 0.717) is 17.6 Å². The van der Waals surface area contributed by atoms with Crippen LogP contribution < -0.4 is 0 Å². The minimum Gasteiger partial charge on any atom is -0.392 e. The molecule has 0 aliphatic heterocycles. The summed E-state index contributed by atoms with van der Waals surface area (Å²) in [5, 5.41) is 10.8. The van der Waals surface area contributed by atoms with Crippen LogP contribution in [0.3, 0.4) is 0 Å². The molecule has 0 spiro atoms. The zero-order valence-electron chi connectivity index (χ0n) is 12.6. The van der Waals surface area contributed by atoms with Gasteiger partial charge >= 0.3 is 0 Å². The van der Waals surface area contributed by atoms with E-state index in [0.717, 1.165) is 25.7 Å². The molecule has 2 heteroatoms. The number of aliphatic hydroxyl groups is 1. The van der Waals surface area contributed by atoms with Crippen molar-refractivity contribution in [2.75, 3.05) is 0 Å². The maximum atomic E-state index is 12.8. The number of aliphatic hydroxyl groups excluding tert-OH is 1. The van der Waals surface area contributed by atoms with Gasteiger partial charge in [-0.1, -0.05) is 40.0 Å². The van der Waals surface area contributed by atoms with Gasteiger partial charge in [-0.15, -0.1) is 0 Å². The number of hydrogen-bond donors (Lipinski definition) is 1. The van der Waals surface area contributed by atoms with Crippen molar-refractivity contribution in [3.05, 3.63) is 0 Å². The summed E-state index contributed by atoms with van der Waals surface area (Å²) in [5.74, 6) is 1.08. The fourth-order valence-electron chi connectivity index (χ4n) is 5.32. The second kappa shape index (κ2) is 4.31. The van der Waals surface area contributed by atoms with E-state index >= 15 is 0 Å². The first-order valence-corrected chi connectivity index (χ1v) is 8.12. The summed E-state index contributed by atoms with van der Waals surface area (Å²) in [5.41, 5.74) is -0.109. The minimum atomic E-state index is -0.376. The van der Waals surface area contributed by atoms with E-state index in [1.807, 2.05) is 0 Å². The molecule has 3 aliphatic rings. The molecule has 3 fully saturated rings. The van der Waals surface area contributed by atoms with Crippen LogP contribution >= 0.6 is 0 Å². The van der Waals surface area contributed by atoms with Crippen LogP contribution in [0.25, 0.3) is 0 Å². The van der Waals surface area contributed by atoms with Gasteiger partial charge in [0.25, 0.3) is 0 Å². The van der Waals surface area contributed by atoms with Gasteiger partial charge in [0, 0.05) is 11.3 Å². The maximum absolute atomic E-state index is 12.8. The van der Waals surface area contributed by atoms with Crippen molar-refractivity contribution in [1.29, 1.82) is 0 Å². The molecule has 0 amide bonds. The van der Waals surface area contributed by atoms with Crippen LogP contribution in [0.15, 0.2) is 0 Å². The van der Waals surface area contributed by atoms with Gasteiger partial charge in [0.05, 0.1) is 6.10 Å². The van der Waals surface area contributed by atoms with Gasteiger partial charge in [-0.2, -0.15) is 0 Å². The molecule has 0 aromatic rings. The molecule has 0 aromatic heterocycles. The molecule has 0 saturated heterocycles. The van der Waals surface area contributed by atoms with E-state index in [9.17, 15) is 9.90 Å². The number of carbonyl (C=O) groups excluding carboxylic acids is 1. The Labute approximate surface area is 117 Å². The average Bonchev–Trinajstić information content (AvgIpc) is 2.71.